The van der Waals surface area contributed by atoms with Crippen molar-refractivity contribution in [2.45, 2.75) is 52.2 Å². The lowest BCUT2D eigenvalue weighted by Gasteiger charge is -2.36. The molecule has 7 unspecified atom stereocenters. The zero-order valence-electron chi connectivity index (χ0n) is 11.9. The van der Waals surface area contributed by atoms with Crippen LogP contribution in [0.2, 0.25) is 0 Å². The van der Waals surface area contributed by atoms with Gasteiger partial charge in [-0.3, -0.25) is 10.5 Å². The molecule has 2 aliphatic rings. The molecule has 1 saturated carbocycles. The van der Waals surface area contributed by atoms with Gasteiger partial charge in [0.25, 0.3) is 0 Å². The SMILES string of the molecule is NC1CCC(I)C[NH+]1CC(=O)C1CCC(I)C([NH+]([O-])O)C1. The molecule has 1 saturated heterocycles. The highest BCUT2D eigenvalue weighted by Gasteiger charge is 2.38. The van der Waals surface area contributed by atoms with Crippen LogP contribution in [-0.2, 0) is 4.79 Å². The molecule has 5 N–H and O–H groups in total. The molecule has 6 nitrogen and oxygen atoms in total. The second-order valence-corrected chi connectivity index (χ2v) is 9.62. The van der Waals surface area contributed by atoms with Crippen molar-refractivity contribution in [3.05, 3.63) is 5.21 Å². The Morgan fingerprint density at radius 3 is 2.71 bits per heavy atom. The minimum absolute atomic E-state index is 0.0520. The summed E-state index contributed by atoms with van der Waals surface area (Å²) >= 11 is 4.64. The predicted molar refractivity (Wildman–Crippen MR) is 95.8 cm³/mol. The third-order valence-corrected chi connectivity index (χ3v) is 7.29. The van der Waals surface area contributed by atoms with E-state index in [0.29, 0.717) is 16.9 Å². The van der Waals surface area contributed by atoms with Gasteiger partial charge in [0.2, 0.25) is 0 Å². The molecule has 1 heterocycles. The zero-order chi connectivity index (χ0) is 15.6. The van der Waals surface area contributed by atoms with Crippen LogP contribution in [0.3, 0.4) is 0 Å². The van der Waals surface area contributed by atoms with Gasteiger partial charge in [0.1, 0.15) is 18.8 Å². The summed E-state index contributed by atoms with van der Waals surface area (Å²) in [5, 5.41) is 19.8. The maximum Gasteiger partial charge on any atom is 0.190 e. The van der Waals surface area contributed by atoms with Gasteiger partial charge in [-0.1, -0.05) is 45.2 Å². The number of hydroxylamine groups is 2. The number of piperidine rings is 1. The van der Waals surface area contributed by atoms with E-state index in [2.05, 4.69) is 45.2 Å². The summed E-state index contributed by atoms with van der Waals surface area (Å²) in [6, 6.07) is -0.379. The highest BCUT2D eigenvalue weighted by Crippen LogP contribution is 2.28. The molecule has 0 aromatic carbocycles. The molecule has 2 fully saturated rings. The van der Waals surface area contributed by atoms with E-state index >= 15 is 0 Å². The summed E-state index contributed by atoms with van der Waals surface area (Å²) in [6.45, 7) is 1.40. The molecule has 1 aliphatic heterocycles. The Morgan fingerprint density at radius 1 is 1.33 bits per heavy atom. The van der Waals surface area contributed by atoms with Crippen LogP contribution < -0.4 is 15.9 Å². The van der Waals surface area contributed by atoms with Gasteiger partial charge < -0.3 is 10.1 Å². The number of hydrogen-bond donors (Lipinski definition) is 4. The molecule has 0 aromatic rings. The first-order valence-electron chi connectivity index (χ1n) is 7.52. The van der Waals surface area contributed by atoms with Crippen molar-refractivity contribution in [3.8, 4) is 0 Å². The molecule has 0 aromatic heterocycles. The number of alkyl halides is 2. The smallest absolute Gasteiger partial charge is 0.190 e. The number of likely N-dealkylation sites (tertiary alicyclic amines) is 1. The molecule has 0 radical (unpaired) electrons. The molecule has 0 amide bonds. The lowest BCUT2D eigenvalue weighted by Crippen LogP contribution is -3.20. The molecule has 21 heavy (non-hydrogen) atoms. The third kappa shape index (κ3) is 4.95. The topological polar surface area (TPSA) is 95.3 Å². The maximum absolute atomic E-state index is 12.5. The fourth-order valence-corrected chi connectivity index (χ4v) is 5.24. The molecular formula is C13H24I2N3O3+. The van der Waals surface area contributed by atoms with Crippen LogP contribution in [0.5, 0.6) is 0 Å². The largest absolute Gasteiger partial charge is 0.600 e. The first-order valence-corrected chi connectivity index (χ1v) is 10.0. The average molecular weight is 524 g/mol. The zero-order valence-corrected chi connectivity index (χ0v) is 16.2. The van der Waals surface area contributed by atoms with Gasteiger partial charge in [0, 0.05) is 18.8 Å². The first kappa shape index (κ1) is 18.3. The number of Topliss-reactive ketones (excluding diaryl/α,β-unsaturated/α-hetero) is 1. The van der Waals surface area contributed by atoms with Crippen LogP contribution in [0.25, 0.3) is 0 Å². The van der Waals surface area contributed by atoms with E-state index in [0.717, 1.165) is 32.2 Å². The van der Waals surface area contributed by atoms with Crippen molar-refractivity contribution in [1.82, 2.24) is 0 Å². The van der Waals surface area contributed by atoms with Gasteiger partial charge in [-0.25, -0.2) is 10.4 Å². The number of ketones is 1. The molecule has 122 valence electrons. The Morgan fingerprint density at radius 2 is 2.05 bits per heavy atom. The molecule has 1 aliphatic carbocycles. The summed E-state index contributed by atoms with van der Waals surface area (Å²) in [5.41, 5.74) is 6.13. The van der Waals surface area contributed by atoms with E-state index in [-0.39, 0.29) is 27.8 Å². The predicted octanol–water partition coefficient (Wildman–Crippen LogP) is -0.933. The van der Waals surface area contributed by atoms with Gasteiger partial charge in [0.05, 0.1) is 14.4 Å². The average Bonchev–Trinajstić information content (AvgIpc) is 2.43. The lowest BCUT2D eigenvalue weighted by molar-refractivity contribution is -1.07. The summed E-state index contributed by atoms with van der Waals surface area (Å²) in [7, 11) is 0. The molecule has 0 bridgehead atoms. The number of carbonyl (C=O) groups is 1. The molecule has 0 spiro atoms. The van der Waals surface area contributed by atoms with Crippen molar-refractivity contribution >= 4 is 51.0 Å². The standard InChI is InChI=1S/C13H23I2N3O3/c14-9-2-4-13(16)17(6-9)7-12(19)8-1-3-10(15)11(5-8)18(20)21/h8-11,13,18,20H,1-7,16H2/p+1. The third-order valence-electron chi connectivity index (χ3n) is 4.74. The quantitative estimate of drug-likeness (QED) is 0.217. The van der Waals surface area contributed by atoms with Gasteiger partial charge >= 0.3 is 0 Å². The van der Waals surface area contributed by atoms with Crippen molar-refractivity contribution < 1.29 is 20.1 Å². The van der Waals surface area contributed by atoms with Gasteiger partial charge in [-0.15, -0.1) is 0 Å². The monoisotopic (exact) mass is 524 g/mol. The van der Waals surface area contributed by atoms with E-state index in [1.807, 2.05) is 0 Å². The Kier molecular flexibility index (Phi) is 7.09. The first-order chi connectivity index (χ1) is 9.88. The van der Waals surface area contributed by atoms with Crippen LogP contribution >= 0.6 is 45.2 Å². The van der Waals surface area contributed by atoms with Crippen LogP contribution in [0.1, 0.15) is 32.1 Å². The highest BCUT2D eigenvalue weighted by molar-refractivity contribution is 14.1. The fourth-order valence-electron chi connectivity index (χ4n) is 3.36. The molecule has 7 atom stereocenters. The van der Waals surface area contributed by atoms with Crippen molar-refractivity contribution in [2.24, 2.45) is 11.7 Å². The number of quaternary nitrogens is 2. The van der Waals surface area contributed by atoms with E-state index in [9.17, 15) is 15.2 Å². The van der Waals surface area contributed by atoms with E-state index < -0.39 is 5.23 Å². The van der Waals surface area contributed by atoms with Crippen molar-refractivity contribution in [2.75, 3.05) is 13.1 Å². The van der Waals surface area contributed by atoms with E-state index in [1.54, 1.807) is 0 Å². The fraction of sp³-hybridized carbons (Fsp3) is 0.923. The molecule has 2 rings (SSSR count). The minimum atomic E-state index is -0.763. The lowest BCUT2D eigenvalue weighted by atomic mass is 9.83. The van der Waals surface area contributed by atoms with Crippen molar-refractivity contribution in [3.63, 3.8) is 0 Å². The number of halogens is 2. The number of nitrogens with two attached hydrogens (primary N) is 1. The van der Waals surface area contributed by atoms with E-state index in [4.69, 9.17) is 5.73 Å². The Labute approximate surface area is 152 Å². The van der Waals surface area contributed by atoms with Crippen LogP contribution in [0.15, 0.2) is 0 Å². The van der Waals surface area contributed by atoms with Crippen LogP contribution in [-0.4, -0.2) is 44.1 Å². The number of hydrogen-bond acceptors (Lipinski definition) is 4. The Bertz CT molecular complexity index is 373. The van der Waals surface area contributed by atoms with Gasteiger partial charge in [0.15, 0.2) is 5.78 Å². The molecule has 8 heteroatoms. The second kappa shape index (κ2) is 8.15. The van der Waals surface area contributed by atoms with Gasteiger partial charge in [-0.2, -0.15) is 0 Å². The normalized spacial score (nSPS) is 42.5. The minimum Gasteiger partial charge on any atom is -0.600 e. The maximum atomic E-state index is 12.5. The number of rotatable bonds is 4. The van der Waals surface area contributed by atoms with E-state index in [1.165, 1.54) is 4.90 Å². The Balaban J connectivity index is 1.90. The summed E-state index contributed by atoms with van der Waals surface area (Å²) in [6.07, 6.45) is 4.29. The summed E-state index contributed by atoms with van der Waals surface area (Å²) in [5.74, 6) is 0.118. The summed E-state index contributed by atoms with van der Waals surface area (Å²) < 4.78 is 0.731. The Hall–Kier alpha value is 0.930. The second-order valence-electron chi connectivity index (χ2n) is 6.26. The van der Waals surface area contributed by atoms with Crippen LogP contribution in [0, 0.1) is 11.1 Å². The van der Waals surface area contributed by atoms with Crippen molar-refractivity contribution in [1.29, 1.82) is 0 Å². The summed E-state index contributed by atoms with van der Waals surface area (Å²) in [4.78, 5) is 13.7. The molecular weight excluding hydrogens is 500 g/mol. The van der Waals surface area contributed by atoms with Gasteiger partial charge in [-0.05, 0) is 19.3 Å². The number of nitrogens with one attached hydrogen (secondary N) is 2. The highest BCUT2D eigenvalue weighted by atomic mass is 127. The number of carbonyl (C=O) groups excluding carboxylic acids is 1. The van der Waals surface area contributed by atoms with Crippen LogP contribution in [0.4, 0.5) is 0 Å².